The molecule has 2 aromatic carbocycles. The van der Waals surface area contributed by atoms with Crippen LogP contribution in [0, 0.1) is 5.82 Å². The molecule has 0 aliphatic heterocycles. The number of amides is 1. The van der Waals surface area contributed by atoms with Crippen LogP contribution in [0.25, 0.3) is 0 Å². The zero-order valence-electron chi connectivity index (χ0n) is 13.1. The molecule has 0 saturated carbocycles. The molecule has 0 bridgehead atoms. The number of nitrogens with one attached hydrogen (secondary N) is 1. The first-order valence-corrected chi connectivity index (χ1v) is 6.87. The van der Waals surface area contributed by atoms with Crippen LogP contribution in [0.3, 0.4) is 0 Å². The maximum absolute atomic E-state index is 12.9. The molecule has 120 valence electrons. The predicted octanol–water partition coefficient (Wildman–Crippen LogP) is 3.00. The number of hydrogen-bond acceptors (Lipinski definition) is 4. The van der Waals surface area contributed by atoms with Gasteiger partial charge < -0.3 is 9.47 Å². The van der Waals surface area contributed by atoms with Crippen LogP contribution < -0.4 is 14.9 Å². The molecule has 0 atom stereocenters. The Bertz CT molecular complexity index is 705. The van der Waals surface area contributed by atoms with Crippen molar-refractivity contribution in [2.75, 3.05) is 14.2 Å². The predicted molar refractivity (Wildman–Crippen MR) is 85.6 cm³/mol. The molecule has 6 heteroatoms. The van der Waals surface area contributed by atoms with Crippen LogP contribution in [0.2, 0.25) is 0 Å². The first-order valence-electron chi connectivity index (χ1n) is 6.87. The van der Waals surface area contributed by atoms with Gasteiger partial charge in [0, 0.05) is 11.6 Å². The lowest BCUT2D eigenvalue weighted by Crippen LogP contribution is -2.19. The average Bonchev–Trinajstić information content (AvgIpc) is 2.59. The van der Waals surface area contributed by atoms with E-state index in [9.17, 15) is 9.18 Å². The second kappa shape index (κ2) is 7.40. The van der Waals surface area contributed by atoms with Gasteiger partial charge in [0.2, 0.25) is 0 Å². The van der Waals surface area contributed by atoms with E-state index in [2.05, 4.69) is 10.5 Å². The number of carbonyl (C=O) groups excluding carboxylic acids is 1. The van der Waals surface area contributed by atoms with E-state index in [1.54, 1.807) is 37.3 Å². The summed E-state index contributed by atoms with van der Waals surface area (Å²) in [7, 11) is 3.01. The van der Waals surface area contributed by atoms with Crippen molar-refractivity contribution >= 4 is 11.6 Å². The summed E-state index contributed by atoms with van der Waals surface area (Å²) >= 11 is 0. The Labute approximate surface area is 133 Å². The molecule has 1 N–H and O–H groups in total. The number of methoxy groups -OCH3 is 2. The molecule has 0 heterocycles. The second-order valence-corrected chi connectivity index (χ2v) is 4.75. The highest BCUT2D eigenvalue weighted by Crippen LogP contribution is 2.22. The third-order valence-corrected chi connectivity index (χ3v) is 3.20. The number of carbonyl (C=O) groups is 1. The summed E-state index contributed by atoms with van der Waals surface area (Å²) in [5, 5.41) is 4.02. The van der Waals surface area contributed by atoms with Gasteiger partial charge in [0.25, 0.3) is 5.91 Å². The van der Waals surface area contributed by atoms with Crippen molar-refractivity contribution in [1.82, 2.24) is 5.43 Å². The molecule has 0 radical (unpaired) electrons. The minimum atomic E-state index is -0.399. The fourth-order valence-electron chi connectivity index (χ4n) is 1.89. The molecule has 0 saturated heterocycles. The van der Waals surface area contributed by atoms with Gasteiger partial charge >= 0.3 is 0 Å². The zero-order valence-corrected chi connectivity index (χ0v) is 13.1. The lowest BCUT2D eigenvalue weighted by molar-refractivity contribution is 0.0954. The lowest BCUT2D eigenvalue weighted by Gasteiger charge is -2.08. The smallest absolute Gasteiger partial charge is 0.271 e. The lowest BCUT2D eigenvalue weighted by atomic mass is 10.1. The molecule has 1 amide bonds. The first kappa shape index (κ1) is 16.5. The normalized spacial score (nSPS) is 11.0. The monoisotopic (exact) mass is 316 g/mol. The topological polar surface area (TPSA) is 59.9 Å². The van der Waals surface area contributed by atoms with E-state index in [1.807, 2.05) is 0 Å². The Kier molecular flexibility index (Phi) is 5.30. The maximum Gasteiger partial charge on any atom is 0.271 e. The third kappa shape index (κ3) is 4.29. The third-order valence-electron chi connectivity index (χ3n) is 3.20. The minimum Gasteiger partial charge on any atom is -0.497 e. The van der Waals surface area contributed by atoms with Crippen LogP contribution >= 0.6 is 0 Å². The Morgan fingerprint density at radius 2 is 1.57 bits per heavy atom. The van der Waals surface area contributed by atoms with Crippen molar-refractivity contribution in [3.05, 3.63) is 59.4 Å². The molecule has 5 nitrogen and oxygen atoms in total. The molecule has 0 fully saturated rings. The van der Waals surface area contributed by atoms with Gasteiger partial charge in [-0.2, -0.15) is 5.10 Å². The quantitative estimate of drug-likeness (QED) is 0.681. The van der Waals surface area contributed by atoms with Crippen molar-refractivity contribution in [3.8, 4) is 11.5 Å². The van der Waals surface area contributed by atoms with Crippen LogP contribution in [0.5, 0.6) is 11.5 Å². The van der Waals surface area contributed by atoms with Crippen molar-refractivity contribution < 1.29 is 18.7 Å². The SMILES string of the molecule is COc1cc(OC)cc(C(=O)N/N=C(/C)c2ccc(F)cc2)c1. The van der Waals surface area contributed by atoms with Crippen molar-refractivity contribution in [2.45, 2.75) is 6.92 Å². The highest BCUT2D eigenvalue weighted by atomic mass is 19.1. The Balaban J connectivity index is 2.15. The van der Waals surface area contributed by atoms with E-state index < -0.39 is 5.91 Å². The molecule has 2 aromatic rings. The summed E-state index contributed by atoms with van der Waals surface area (Å²) in [6.45, 7) is 1.72. The standard InChI is InChI=1S/C17H17FN2O3/c1-11(12-4-6-14(18)7-5-12)19-20-17(21)13-8-15(22-2)10-16(9-13)23-3/h4-10H,1-3H3,(H,20,21)/b19-11-. The Hall–Kier alpha value is -2.89. The number of halogens is 1. The number of rotatable bonds is 5. The average molecular weight is 316 g/mol. The van der Waals surface area contributed by atoms with Crippen LogP contribution in [-0.4, -0.2) is 25.8 Å². The Morgan fingerprint density at radius 1 is 1.00 bits per heavy atom. The van der Waals surface area contributed by atoms with Crippen molar-refractivity contribution in [3.63, 3.8) is 0 Å². The highest BCUT2D eigenvalue weighted by molar-refractivity contribution is 6.01. The van der Waals surface area contributed by atoms with Crippen molar-refractivity contribution in [2.24, 2.45) is 5.10 Å². The number of hydrazone groups is 1. The summed E-state index contributed by atoms with van der Waals surface area (Å²) in [6, 6.07) is 10.7. The number of benzene rings is 2. The van der Waals surface area contributed by atoms with Crippen LogP contribution in [0.15, 0.2) is 47.6 Å². The van der Waals surface area contributed by atoms with Gasteiger partial charge in [0.05, 0.1) is 19.9 Å². The minimum absolute atomic E-state index is 0.325. The Morgan fingerprint density at radius 3 is 2.09 bits per heavy atom. The van der Waals surface area contributed by atoms with Crippen LogP contribution in [-0.2, 0) is 0 Å². The maximum atomic E-state index is 12.9. The summed E-state index contributed by atoms with van der Waals surface area (Å²) < 4.78 is 23.1. The molecule has 23 heavy (non-hydrogen) atoms. The fraction of sp³-hybridized carbons (Fsp3) is 0.176. The van der Waals surface area contributed by atoms with E-state index in [4.69, 9.17) is 9.47 Å². The zero-order chi connectivity index (χ0) is 16.8. The van der Waals surface area contributed by atoms with Gasteiger partial charge in [0.15, 0.2) is 0 Å². The van der Waals surface area contributed by atoms with Gasteiger partial charge in [0.1, 0.15) is 17.3 Å². The second-order valence-electron chi connectivity index (χ2n) is 4.75. The van der Waals surface area contributed by atoms with Gasteiger partial charge in [-0.3, -0.25) is 4.79 Å². The molecule has 0 aliphatic carbocycles. The molecule has 0 aromatic heterocycles. The van der Waals surface area contributed by atoms with Gasteiger partial charge in [-0.05, 0) is 36.8 Å². The van der Waals surface area contributed by atoms with Gasteiger partial charge in [-0.25, -0.2) is 9.82 Å². The summed E-state index contributed by atoms with van der Waals surface area (Å²) in [5.41, 5.74) is 4.10. The molecule has 0 spiro atoms. The van der Waals surface area contributed by atoms with Gasteiger partial charge in [-0.1, -0.05) is 12.1 Å². The molecule has 0 aliphatic rings. The van der Waals surface area contributed by atoms with E-state index in [0.29, 0.717) is 22.8 Å². The van der Waals surface area contributed by atoms with Crippen molar-refractivity contribution in [1.29, 1.82) is 0 Å². The summed E-state index contributed by atoms with van der Waals surface area (Å²) in [6.07, 6.45) is 0. The fourth-order valence-corrected chi connectivity index (χ4v) is 1.89. The molecular weight excluding hydrogens is 299 g/mol. The number of nitrogens with zero attached hydrogens (tertiary/aromatic N) is 1. The van der Waals surface area contributed by atoms with E-state index >= 15 is 0 Å². The van der Waals surface area contributed by atoms with Crippen LogP contribution in [0.4, 0.5) is 4.39 Å². The van der Waals surface area contributed by atoms with E-state index in [0.717, 1.165) is 5.56 Å². The highest BCUT2D eigenvalue weighted by Gasteiger charge is 2.09. The molecule has 0 unspecified atom stereocenters. The van der Waals surface area contributed by atoms with Gasteiger partial charge in [-0.15, -0.1) is 0 Å². The largest absolute Gasteiger partial charge is 0.497 e. The summed E-state index contributed by atoms with van der Waals surface area (Å²) in [5.74, 6) is 0.292. The van der Waals surface area contributed by atoms with E-state index in [-0.39, 0.29) is 5.82 Å². The number of hydrogen-bond donors (Lipinski definition) is 1. The van der Waals surface area contributed by atoms with Crippen LogP contribution in [0.1, 0.15) is 22.8 Å². The number of ether oxygens (including phenoxy) is 2. The van der Waals surface area contributed by atoms with E-state index in [1.165, 1.54) is 26.4 Å². The molecular formula is C17H17FN2O3. The summed E-state index contributed by atoms with van der Waals surface area (Å²) in [4.78, 5) is 12.2. The first-order chi connectivity index (χ1) is 11.0. The molecule has 2 rings (SSSR count).